The number of hydrogen-bond donors (Lipinski definition) is 1. The molecule has 3 heteroatoms. The second kappa shape index (κ2) is 9.44. The van der Waals surface area contributed by atoms with Crippen molar-refractivity contribution in [1.29, 1.82) is 0 Å². The molecular formula is C26H29NO2. The number of phenols is 1. The van der Waals surface area contributed by atoms with Crippen LogP contribution in [-0.4, -0.2) is 30.8 Å². The summed E-state index contributed by atoms with van der Waals surface area (Å²) in [4.78, 5) is 1.99. The third-order valence-electron chi connectivity index (χ3n) is 4.72. The van der Waals surface area contributed by atoms with Crippen molar-refractivity contribution in [3.63, 3.8) is 0 Å². The van der Waals surface area contributed by atoms with Gasteiger partial charge in [-0.05, 0) is 72.1 Å². The third kappa shape index (κ3) is 5.27. The van der Waals surface area contributed by atoms with Crippen LogP contribution in [0.4, 0.5) is 0 Å². The molecule has 0 aromatic heterocycles. The fourth-order valence-electron chi connectivity index (χ4n) is 3.41. The van der Waals surface area contributed by atoms with Gasteiger partial charge in [-0.25, -0.2) is 0 Å². The SMILES string of the molecule is CC(C)C(=C(c1ccc(O)cc1)c1ccc(OCN(C)C)cc1)c1ccccc1. The normalized spacial score (nSPS) is 12.2. The van der Waals surface area contributed by atoms with E-state index in [0.29, 0.717) is 12.6 Å². The standard InChI is InChI=1S/C26H29NO2/c1-19(2)25(20-8-6-5-7-9-20)26(21-10-14-23(28)15-11-21)22-12-16-24(17-13-22)29-18-27(3)4/h5-17,19,28H,18H2,1-4H3. The molecule has 0 aliphatic rings. The summed E-state index contributed by atoms with van der Waals surface area (Å²) in [7, 11) is 3.96. The predicted molar refractivity (Wildman–Crippen MR) is 121 cm³/mol. The maximum Gasteiger partial charge on any atom is 0.141 e. The molecule has 3 aromatic carbocycles. The minimum absolute atomic E-state index is 0.270. The van der Waals surface area contributed by atoms with Gasteiger partial charge in [-0.2, -0.15) is 0 Å². The van der Waals surface area contributed by atoms with Gasteiger partial charge >= 0.3 is 0 Å². The molecule has 0 unspecified atom stereocenters. The van der Waals surface area contributed by atoms with Crippen molar-refractivity contribution >= 4 is 11.1 Å². The van der Waals surface area contributed by atoms with E-state index in [2.05, 4.69) is 50.2 Å². The second-order valence-electron chi connectivity index (χ2n) is 7.73. The molecular weight excluding hydrogens is 358 g/mol. The molecule has 0 atom stereocenters. The van der Waals surface area contributed by atoms with Crippen LogP contribution in [0.1, 0.15) is 30.5 Å². The Bertz CT molecular complexity index is 940. The van der Waals surface area contributed by atoms with Gasteiger partial charge in [0.05, 0.1) is 0 Å². The van der Waals surface area contributed by atoms with Gasteiger partial charge in [0.2, 0.25) is 0 Å². The van der Waals surface area contributed by atoms with Crippen molar-refractivity contribution < 1.29 is 9.84 Å². The summed E-state index contributed by atoms with van der Waals surface area (Å²) in [5.74, 6) is 1.44. The van der Waals surface area contributed by atoms with Gasteiger partial charge in [0.25, 0.3) is 0 Å². The number of phenolic OH excluding ortho intramolecular Hbond substituents is 1. The monoisotopic (exact) mass is 387 g/mol. The van der Waals surface area contributed by atoms with Crippen molar-refractivity contribution in [1.82, 2.24) is 4.90 Å². The van der Waals surface area contributed by atoms with Crippen LogP contribution in [0.25, 0.3) is 11.1 Å². The summed E-state index contributed by atoms with van der Waals surface area (Å²) in [5, 5.41) is 9.78. The lowest BCUT2D eigenvalue weighted by molar-refractivity contribution is 0.179. The molecule has 29 heavy (non-hydrogen) atoms. The van der Waals surface area contributed by atoms with Gasteiger partial charge in [-0.15, -0.1) is 0 Å². The average molecular weight is 388 g/mol. The summed E-state index contributed by atoms with van der Waals surface area (Å²) in [6.07, 6.45) is 0. The molecule has 0 amide bonds. The van der Waals surface area contributed by atoms with E-state index in [1.807, 2.05) is 49.3 Å². The number of rotatable bonds is 7. The number of nitrogens with zero attached hydrogens (tertiary/aromatic N) is 1. The molecule has 0 saturated carbocycles. The molecule has 0 bridgehead atoms. The molecule has 3 rings (SSSR count). The van der Waals surface area contributed by atoms with E-state index in [-0.39, 0.29) is 5.75 Å². The lowest BCUT2D eigenvalue weighted by Gasteiger charge is -2.21. The second-order valence-corrected chi connectivity index (χ2v) is 7.73. The lowest BCUT2D eigenvalue weighted by Crippen LogP contribution is -2.18. The highest BCUT2D eigenvalue weighted by atomic mass is 16.5. The van der Waals surface area contributed by atoms with Crippen LogP contribution in [0.5, 0.6) is 11.5 Å². The van der Waals surface area contributed by atoms with Gasteiger partial charge in [0, 0.05) is 0 Å². The van der Waals surface area contributed by atoms with Crippen LogP contribution in [-0.2, 0) is 0 Å². The summed E-state index contributed by atoms with van der Waals surface area (Å²) in [5.41, 5.74) is 5.86. The first kappa shape index (κ1) is 20.7. The number of allylic oxidation sites excluding steroid dienone is 1. The number of benzene rings is 3. The Hall–Kier alpha value is -3.04. The molecule has 0 aliphatic heterocycles. The molecule has 150 valence electrons. The average Bonchev–Trinajstić information content (AvgIpc) is 2.72. The zero-order valence-corrected chi connectivity index (χ0v) is 17.6. The van der Waals surface area contributed by atoms with Crippen molar-refractivity contribution in [3.8, 4) is 11.5 Å². The fourth-order valence-corrected chi connectivity index (χ4v) is 3.41. The molecule has 0 spiro atoms. The zero-order valence-electron chi connectivity index (χ0n) is 17.6. The summed E-state index contributed by atoms with van der Waals surface area (Å²) < 4.78 is 5.79. The van der Waals surface area contributed by atoms with Crippen molar-refractivity contribution in [3.05, 3.63) is 95.6 Å². The highest BCUT2D eigenvalue weighted by Gasteiger charge is 2.17. The van der Waals surface area contributed by atoms with Gasteiger partial charge in [0.15, 0.2) is 0 Å². The summed E-state index contributed by atoms with van der Waals surface area (Å²) in [6.45, 7) is 4.98. The third-order valence-corrected chi connectivity index (χ3v) is 4.72. The topological polar surface area (TPSA) is 32.7 Å². The maximum atomic E-state index is 9.78. The smallest absolute Gasteiger partial charge is 0.141 e. The minimum Gasteiger partial charge on any atom is -0.508 e. The molecule has 0 fully saturated rings. The van der Waals surface area contributed by atoms with Gasteiger partial charge in [0.1, 0.15) is 18.2 Å². The Morgan fingerprint density at radius 1 is 0.793 bits per heavy atom. The maximum absolute atomic E-state index is 9.78. The summed E-state index contributed by atoms with van der Waals surface area (Å²) in [6, 6.07) is 26.2. The van der Waals surface area contributed by atoms with E-state index >= 15 is 0 Å². The van der Waals surface area contributed by atoms with E-state index in [1.165, 1.54) is 16.7 Å². The van der Waals surface area contributed by atoms with Crippen molar-refractivity contribution in [2.24, 2.45) is 5.92 Å². The van der Waals surface area contributed by atoms with Crippen LogP contribution in [0, 0.1) is 5.92 Å². The minimum atomic E-state index is 0.270. The number of hydrogen-bond acceptors (Lipinski definition) is 3. The van der Waals surface area contributed by atoms with E-state index in [1.54, 1.807) is 12.1 Å². The van der Waals surface area contributed by atoms with Gasteiger partial charge in [-0.1, -0.05) is 68.4 Å². The predicted octanol–water partition coefficient (Wildman–Crippen LogP) is 5.91. The van der Waals surface area contributed by atoms with Crippen molar-refractivity contribution in [2.45, 2.75) is 13.8 Å². The molecule has 0 radical (unpaired) electrons. The highest BCUT2D eigenvalue weighted by Crippen LogP contribution is 2.37. The quantitative estimate of drug-likeness (QED) is 0.404. The Morgan fingerprint density at radius 2 is 1.34 bits per heavy atom. The van der Waals surface area contributed by atoms with Crippen molar-refractivity contribution in [2.75, 3.05) is 20.8 Å². The zero-order chi connectivity index (χ0) is 20.8. The van der Waals surface area contributed by atoms with Crippen LogP contribution >= 0.6 is 0 Å². The molecule has 3 nitrogen and oxygen atoms in total. The molecule has 0 aliphatic carbocycles. The fraction of sp³-hybridized carbons (Fsp3) is 0.231. The Morgan fingerprint density at radius 3 is 1.86 bits per heavy atom. The number of ether oxygens (including phenoxy) is 1. The van der Waals surface area contributed by atoms with Crippen LogP contribution in [0.2, 0.25) is 0 Å². The molecule has 1 N–H and O–H groups in total. The van der Waals surface area contributed by atoms with E-state index < -0.39 is 0 Å². The number of aromatic hydroxyl groups is 1. The molecule has 0 heterocycles. The van der Waals surface area contributed by atoms with Gasteiger partial charge in [-0.3, -0.25) is 4.90 Å². The highest BCUT2D eigenvalue weighted by molar-refractivity contribution is 5.99. The van der Waals surface area contributed by atoms with Crippen LogP contribution in [0.3, 0.4) is 0 Å². The Labute approximate surface area is 173 Å². The first-order valence-corrected chi connectivity index (χ1v) is 9.92. The Kier molecular flexibility index (Phi) is 6.73. The molecule has 0 saturated heterocycles. The largest absolute Gasteiger partial charge is 0.508 e. The van der Waals surface area contributed by atoms with Gasteiger partial charge < -0.3 is 9.84 Å². The Balaban J connectivity index is 2.14. The van der Waals surface area contributed by atoms with E-state index in [9.17, 15) is 5.11 Å². The van der Waals surface area contributed by atoms with E-state index in [0.717, 1.165) is 16.9 Å². The van der Waals surface area contributed by atoms with Crippen LogP contribution in [0.15, 0.2) is 78.9 Å². The molecule has 3 aromatic rings. The first-order valence-electron chi connectivity index (χ1n) is 9.92. The lowest BCUT2D eigenvalue weighted by atomic mass is 9.84. The summed E-state index contributed by atoms with van der Waals surface area (Å²) >= 11 is 0. The van der Waals surface area contributed by atoms with Crippen LogP contribution < -0.4 is 4.74 Å². The first-order chi connectivity index (χ1) is 14.0. The van der Waals surface area contributed by atoms with E-state index in [4.69, 9.17) is 4.74 Å².